The summed E-state index contributed by atoms with van der Waals surface area (Å²) >= 11 is 0. The largest absolute Gasteiger partial charge is 0.454 e. The highest BCUT2D eigenvalue weighted by molar-refractivity contribution is 7.90. The number of ether oxygens (including phenoxy) is 2. The van der Waals surface area contributed by atoms with Gasteiger partial charge in [0.05, 0.1) is 11.2 Å². The molecule has 7 heteroatoms. The number of carbonyl (C=O) groups is 1. The van der Waals surface area contributed by atoms with Gasteiger partial charge >= 0.3 is 0 Å². The molecule has 5 rings (SSSR count). The van der Waals surface area contributed by atoms with E-state index in [0.29, 0.717) is 17.9 Å². The molecule has 0 atom stereocenters. The Balaban J connectivity index is 0.00000289. The van der Waals surface area contributed by atoms with Gasteiger partial charge in [0.15, 0.2) is 11.5 Å². The lowest BCUT2D eigenvalue weighted by Gasteiger charge is -2.17. The van der Waals surface area contributed by atoms with Crippen LogP contribution in [-0.4, -0.2) is 33.1 Å². The Labute approximate surface area is 201 Å². The van der Waals surface area contributed by atoms with Gasteiger partial charge < -0.3 is 14.8 Å². The summed E-state index contributed by atoms with van der Waals surface area (Å²) in [5.41, 5.74) is 5.29. The molecular formula is C27H29NO5S. The summed E-state index contributed by atoms with van der Waals surface area (Å²) in [5.74, 6) is 1.52. The molecule has 0 spiro atoms. The van der Waals surface area contributed by atoms with E-state index in [1.807, 2.05) is 67.6 Å². The molecule has 0 radical (unpaired) electrons. The minimum Gasteiger partial charge on any atom is -0.454 e. The molecule has 1 fully saturated rings. The number of carbonyl (C=O) groups excluding carboxylic acids is 1. The first-order chi connectivity index (χ1) is 16.2. The fourth-order valence-electron chi connectivity index (χ4n) is 4.38. The SMILES string of the molecule is Cc1ccc(NC(=O)C2(c3ccc4c(c3)OCO4)CC2)cc1-c1ccc(CCS(C)(=O)=O)cc1.[HH]. The first-order valence-corrected chi connectivity index (χ1v) is 13.4. The minimum absolute atomic E-state index is 0. The number of amides is 1. The fourth-order valence-corrected chi connectivity index (χ4v) is 4.99. The number of anilines is 1. The second-order valence-electron chi connectivity index (χ2n) is 9.21. The molecule has 1 N–H and O–H groups in total. The molecule has 1 heterocycles. The molecule has 0 saturated heterocycles. The lowest BCUT2D eigenvalue weighted by molar-refractivity contribution is -0.118. The van der Waals surface area contributed by atoms with Crippen LogP contribution in [-0.2, 0) is 26.5 Å². The van der Waals surface area contributed by atoms with Crippen molar-refractivity contribution in [2.75, 3.05) is 24.1 Å². The zero-order chi connectivity index (χ0) is 23.9. The second-order valence-corrected chi connectivity index (χ2v) is 11.5. The normalized spacial score (nSPS) is 15.7. The second kappa shape index (κ2) is 8.47. The van der Waals surface area contributed by atoms with Crippen molar-refractivity contribution >= 4 is 21.4 Å². The number of nitrogens with one attached hydrogen (secondary N) is 1. The van der Waals surface area contributed by atoms with Crippen LogP contribution < -0.4 is 14.8 Å². The van der Waals surface area contributed by atoms with E-state index in [1.54, 1.807) is 0 Å². The van der Waals surface area contributed by atoms with Gasteiger partial charge in [-0.25, -0.2) is 8.42 Å². The van der Waals surface area contributed by atoms with Crippen molar-refractivity contribution in [1.29, 1.82) is 0 Å². The first kappa shape index (κ1) is 22.5. The van der Waals surface area contributed by atoms with Gasteiger partial charge in [-0.05, 0) is 78.3 Å². The van der Waals surface area contributed by atoms with Gasteiger partial charge in [-0.1, -0.05) is 36.4 Å². The Hall–Kier alpha value is -3.32. The number of rotatable bonds is 7. The van der Waals surface area contributed by atoms with Crippen molar-refractivity contribution in [2.45, 2.75) is 31.6 Å². The van der Waals surface area contributed by atoms with Gasteiger partial charge in [0.2, 0.25) is 12.7 Å². The highest BCUT2D eigenvalue weighted by atomic mass is 32.2. The van der Waals surface area contributed by atoms with Crippen molar-refractivity contribution < 1.29 is 24.1 Å². The Morgan fingerprint density at radius 3 is 2.44 bits per heavy atom. The Kier molecular flexibility index (Phi) is 5.60. The van der Waals surface area contributed by atoms with Gasteiger partial charge in [0, 0.05) is 13.4 Å². The smallest absolute Gasteiger partial charge is 0.235 e. The van der Waals surface area contributed by atoms with Gasteiger partial charge in [-0.15, -0.1) is 0 Å². The third-order valence-corrected chi connectivity index (χ3v) is 7.58. The summed E-state index contributed by atoms with van der Waals surface area (Å²) in [6.45, 7) is 2.25. The van der Waals surface area contributed by atoms with E-state index in [9.17, 15) is 13.2 Å². The topological polar surface area (TPSA) is 81.7 Å². The van der Waals surface area contributed by atoms with Crippen LogP contribution in [0.5, 0.6) is 11.5 Å². The molecule has 6 nitrogen and oxygen atoms in total. The zero-order valence-corrected chi connectivity index (χ0v) is 20.1. The van der Waals surface area contributed by atoms with Gasteiger partial charge in [-0.3, -0.25) is 4.79 Å². The summed E-state index contributed by atoms with van der Waals surface area (Å²) in [6, 6.07) is 19.6. The molecule has 3 aromatic rings. The molecule has 3 aromatic carbocycles. The predicted molar refractivity (Wildman–Crippen MR) is 134 cm³/mol. The highest BCUT2D eigenvalue weighted by Crippen LogP contribution is 2.51. The summed E-state index contributed by atoms with van der Waals surface area (Å²) in [7, 11) is -2.99. The number of hydrogen-bond donors (Lipinski definition) is 1. The zero-order valence-electron chi connectivity index (χ0n) is 19.3. The maximum atomic E-state index is 13.3. The van der Waals surface area contributed by atoms with E-state index in [2.05, 4.69) is 5.32 Å². The van der Waals surface area contributed by atoms with Crippen LogP contribution >= 0.6 is 0 Å². The summed E-state index contributed by atoms with van der Waals surface area (Å²) in [5, 5.41) is 3.12. The fraction of sp³-hybridized carbons (Fsp3) is 0.296. The molecule has 0 bridgehead atoms. The van der Waals surface area contributed by atoms with E-state index in [0.717, 1.165) is 46.3 Å². The Morgan fingerprint density at radius 2 is 1.74 bits per heavy atom. The minimum atomic E-state index is -2.99. The molecule has 0 aromatic heterocycles. The van der Waals surface area contributed by atoms with Crippen LogP contribution in [0.15, 0.2) is 60.7 Å². The van der Waals surface area contributed by atoms with E-state index in [4.69, 9.17) is 9.47 Å². The van der Waals surface area contributed by atoms with E-state index < -0.39 is 15.3 Å². The Morgan fingerprint density at radius 1 is 1.00 bits per heavy atom. The van der Waals surface area contributed by atoms with E-state index in [1.165, 1.54) is 6.26 Å². The number of sulfone groups is 1. The molecule has 178 valence electrons. The molecule has 1 aliphatic heterocycles. The number of aryl methyl sites for hydroxylation is 2. The molecule has 0 unspecified atom stereocenters. The van der Waals surface area contributed by atoms with Crippen molar-refractivity contribution in [3.63, 3.8) is 0 Å². The van der Waals surface area contributed by atoms with Crippen molar-refractivity contribution in [2.24, 2.45) is 0 Å². The van der Waals surface area contributed by atoms with Gasteiger partial charge in [-0.2, -0.15) is 0 Å². The van der Waals surface area contributed by atoms with Crippen molar-refractivity contribution in [3.8, 4) is 22.6 Å². The van der Waals surface area contributed by atoms with Gasteiger partial charge in [0.25, 0.3) is 0 Å². The number of fused-ring (bicyclic) bond motifs is 1. The third kappa shape index (κ3) is 4.53. The van der Waals surface area contributed by atoms with Crippen molar-refractivity contribution in [3.05, 3.63) is 77.4 Å². The molecular weight excluding hydrogens is 450 g/mol. The first-order valence-electron chi connectivity index (χ1n) is 11.3. The standard InChI is InChI=1S/C27H27NO5S.H2/c1-18-3-9-22(16-23(18)20-6-4-19(5-7-20)11-14-34(2,30)31)28-26(29)27(12-13-27)21-8-10-24-25(15-21)33-17-32-24;/h3-10,15-16H,11-14,17H2,1-2H3,(H,28,29);1H. The predicted octanol–water partition coefficient (Wildman–Crippen LogP) is 4.89. The average molecular weight is 480 g/mol. The van der Waals surface area contributed by atoms with Crippen LogP contribution in [0.3, 0.4) is 0 Å². The van der Waals surface area contributed by atoms with Crippen LogP contribution in [0.4, 0.5) is 5.69 Å². The lowest BCUT2D eigenvalue weighted by Crippen LogP contribution is -2.27. The highest BCUT2D eigenvalue weighted by Gasteiger charge is 2.51. The summed E-state index contributed by atoms with van der Waals surface area (Å²) < 4.78 is 33.8. The Bertz CT molecular complexity index is 1360. The number of hydrogen-bond acceptors (Lipinski definition) is 5. The third-order valence-electron chi connectivity index (χ3n) is 6.63. The number of benzene rings is 3. The molecule has 1 amide bonds. The molecule has 1 saturated carbocycles. The van der Waals surface area contributed by atoms with E-state index >= 15 is 0 Å². The quantitative estimate of drug-likeness (QED) is 0.522. The van der Waals surface area contributed by atoms with Crippen LogP contribution in [0, 0.1) is 6.92 Å². The summed E-state index contributed by atoms with van der Waals surface area (Å²) in [4.78, 5) is 13.3. The average Bonchev–Trinajstić information content (AvgIpc) is 3.50. The summed E-state index contributed by atoms with van der Waals surface area (Å²) in [6.07, 6.45) is 3.34. The molecule has 2 aliphatic rings. The van der Waals surface area contributed by atoms with Crippen LogP contribution in [0.1, 0.15) is 31.0 Å². The molecule has 34 heavy (non-hydrogen) atoms. The maximum Gasteiger partial charge on any atom is 0.235 e. The van der Waals surface area contributed by atoms with Crippen LogP contribution in [0.25, 0.3) is 11.1 Å². The monoisotopic (exact) mass is 479 g/mol. The maximum absolute atomic E-state index is 13.3. The van der Waals surface area contributed by atoms with Crippen LogP contribution in [0.2, 0.25) is 0 Å². The molecule has 1 aliphatic carbocycles. The van der Waals surface area contributed by atoms with E-state index in [-0.39, 0.29) is 19.9 Å². The lowest BCUT2D eigenvalue weighted by atomic mass is 9.94. The van der Waals surface area contributed by atoms with Gasteiger partial charge in [0.1, 0.15) is 9.84 Å². The van der Waals surface area contributed by atoms with Crippen molar-refractivity contribution in [1.82, 2.24) is 0 Å².